The number of halogens is 3. The highest BCUT2D eigenvalue weighted by Gasteiger charge is 2.49. The number of alkyl halides is 3. The van der Waals surface area contributed by atoms with Crippen molar-refractivity contribution in [2.45, 2.75) is 50.8 Å². The van der Waals surface area contributed by atoms with Gasteiger partial charge in [0.05, 0.1) is 7.11 Å². The zero-order valence-corrected chi connectivity index (χ0v) is 15.4. The molecule has 0 spiro atoms. The lowest BCUT2D eigenvalue weighted by Gasteiger charge is -2.30. The monoisotopic (exact) mass is 403 g/mol. The standard InChI is InChI=1S/C14H20F3NO7S/c1-13(2,3)24-12(20)18-8-7-9(5-6-10(18)11(19)23-4)25-26(21,22)14(15,16)17/h5,10H,6-8H2,1-4H3/t10-/m0/s1. The molecule has 0 aromatic carbocycles. The fourth-order valence-corrected chi connectivity index (χ4v) is 2.55. The maximum Gasteiger partial charge on any atom is 0.534 e. The molecule has 1 amide bonds. The van der Waals surface area contributed by atoms with E-state index in [0.29, 0.717) is 0 Å². The Hall–Kier alpha value is -1.98. The molecule has 1 heterocycles. The summed E-state index contributed by atoms with van der Waals surface area (Å²) in [6.07, 6.45) is -0.535. The van der Waals surface area contributed by atoms with E-state index in [0.717, 1.165) is 18.1 Å². The van der Waals surface area contributed by atoms with E-state index in [4.69, 9.17) is 4.74 Å². The van der Waals surface area contributed by atoms with Gasteiger partial charge in [0.1, 0.15) is 17.4 Å². The lowest BCUT2D eigenvalue weighted by Crippen LogP contribution is -2.47. The van der Waals surface area contributed by atoms with Gasteiger partial charge in [0, 0.05) is 19.4 Å². The van der Waals surface area contributed by atoms with Crippen LogP contribution in [0.25, 0.3) is 0 Å². The summed E-state index contributed by atoms with van der Waals surface area (Å²) in [7, 11) is -4.76. The molecule has 1 atom stereocenters. The molecule has 0 N–H and O–H groups in total. The number of nitrogens with zero attached hydrogens (tertiary/aromatic N) is 1. The van der Waals surface area contributed by atoms with Crippen molar-refractivity contribution in [3.63, 3.8) is 0 Å². The van der Waals surface area contributed by atoms with Crippen LogP contribution in [0, 0.1) is 0 Å². The number of carbonyl (C=O) groups is 2. The van der Waals surface area contributed by atoms with Crippen molar-refractivity contribution < 1.29 is 44.8 Å². The largest absolute Gasteiger partial charge is 0.534 e. The van der Waals surface area contributed by atoms with Crippen molar-refractivity contribution in [2.75, 3.05) is 13.7 Å². The highest BCUT2D eigenvalue weighted by Crippen LogP contribution is 2.29. The van der Waals surface area contributed by atoms with Gasteiger partial charge < -0.3 is 13.7 Å². The van der Waals surface area contributed by atoms with E-state index in [2.05, 4.69) is 8.92 Å². The van der Waals surface area contributed by atoms with Crippen LogP contribution in [0.5, 0.6) is 0 Å². The molecule has 8 nitrogen and oxygen atoms in total. The van der Waals surface area contributed by atoms with Gasteiger partial charge in [0.15, 0.2) is 0 Å². The Balaban J connectivity index is 3.04. The van der Waals surface area contributed by atoms with Gasteiger partial charge in [-0.1, -0.05) is 0 Å². The average molecular weight is 403 g/mol. The fourth-order valence-electron chi connectivity index (χ4n) is 2.02. The molecule has 0 saturated carbocycles. The van der Waals surface area contributed by atoms with Crippen molar-refractivity contribution in [3.05, 3.63) is 11.8 Å². The summed E-state index contributed by atoms with van der Waals surface area (Å²) in [5, 5.41) is 0. The molecule has 0 aliphatic carbocycles. The maximum absolute atomic E-state index is 12.4. The summed E-state index contributed by atoms with van der Waals surface area (Å²) in [4.78, 5) is 25.2. The lowest BCUT2D eigenvalue weighted by molar-refractivity contribution is -0.146. The van der Waals surface area contributed by atoms with E-state index in [1.54, 1.807) is 20.8 Å². The van der Waals surface area contributed by atoms with Crippen LogP contribution in [-0.4, -0.2) is 56.2 Å². The van der Waals surface area contributed by atoms with E-state index in [1.807, 2.05) is 0 Å². The van der Waals surface area contributed by atoms with Gasteiger partial charge in [0.25, 0.3) is 0 Å². The number of carbonyl (C=O) groups excluding carboxylic acids is 2. The first kappa shape index (κ1) is 22.1. The molecule has 12 heteroatoms. The third-order valence-electron chi connectivity index (χ3n) is 3.15. The van der Waals surface area contributed by atoms with Crippen LogP contribution in [0.1, 0.15) is 33.6 Å². The highest BCUT2D eigenvalue weighted by molar-refractivity contribution is 7.87. The van der Waals surface area contributed by atoms with Crippen LogP contribution >= 0.6 is 0 Å². The molecule has 1 rings (SSSR count). The number of rotatable bonds is 3. The maximum atomic E-state index is 12.4. The number of hydrogen-bond donors (Lipinski definition) is 0. The van der Waals surface area contributed by atoms with Crippen LogP contribution in [0.15, 0.2) is 11.8 Å². The van der Waals surface area contributed by atoms with E-state index >= 15 is 0 Å². The molecule has 0 bridgehead atoms. The van der Waals surface area contributed by atoms with Crippen LogP contribution in [-0.2, 0) is 28.6 Å². The molecule has 0 aromatic rings. The molecule has 1 aliphatic rings. The Morgan fingerprint density at radius 1 is 1.23 bits per heavy atom. The second-order valence-corrected chi connectivity index (χ2v) is 7.89. The van der Waals surface area contributed by atoms with E-state index in [-0.39, 0.29) is 19.4 Å². The van der Waals surface area contributed by atoms with Crippen LogP contribution in [0.4, 0.5) is 18.0 Å². The second-order valence-electron chi connectivity index (χ2n) is 6.35. The minimum Gasteiger partial charge on any atom is -0.467 e. The quantitative estimate of drug-likeness (QED) is 0.405. The van der Waals surface area contributed by atoms with Crippen molar-refractivity contribution >= 4 is 22.2 Å². The first-order chi connectivity index (χ1) is 11.7. The second kappa shape index (κ2) is 7.72. The molecule has 1 aliphatic heterocycles. The van der Waals surface area contributed by atoms with E-state index < -0.39 is 45.1 Å². The molecule has 26 heavy (non-hydrogen) atoms. The van der Waals surface area contributed by atoms with Crippen LogP contribution in [0.3, 0.4) is 0 Å². The average Bonchev–Trinajstić information content (AvgIpc) is 2.65. The van der Waals surface area contributed by atoms with Crippen molar-refractivity contribution in [1.29, 1.82) is 0 Å². The first-order valence-corrected chi connectivity index (χ1v) is 8.86. The Morgan fingerprint density at radius 3 is 2.27 bits per heavy atom. The number of amides is 1. The smallest absolute Gasteiger partial charge is 0.467 e. The molecular formula is C14H20F3NO7S. The van der Waals surface area contributed by atoms with Gasteiger partial charge in [-0.05, 0) is 26.8 Å². The Kier molecular flexibility index (Phi) is 6.55. The molecule has 0 radical (unpaired) electrons. The topological polar surface area (TPSA) is 99.2 Å². The predicted octanol–water partition coefficient (Wildman–Crippen LogP) is 2.31. The Bertz CT molecular complexity index is 680. The molecule has 0 fully saturated rings. The highest BCUT2D eigenvalue weighted by atomic mass is 32.2. The zero-order chi connectivity index (χ0) is 20.3. The Morgan fingerprint density at radius 2 is 1.81 bits per heavy atom. The first-order valence-electron chi connectivity index (χ1n) is 7.45. The van der Waals surface area contributed by atoms with E-state index in [1.165, 1.54) is 0 Å². The minimum absolute atomic E-state index is 0.297. The summed E-state index contributed by atoms with van der Waals surface area (Å²) < 4.78 is 73.4. The summed E-state index contributed by atoms with van der Waals surface area (Å²) in [6, 6.07) is -1.19. The predicted molar refractivity (Wildman–Crippen MR) is 82.1 cm³/mol. The summed E-state index contributed by atoms with van der Waals surface area (Å²) in [6.45, 7) is 4.49. The number of hydrogen-bond acceptors (Lipinski definition) is 7. The van der Waals surface area contributed by atoms with Crippen molar-refractivity contribution in [2.24, 2.45) is 0 Å². The number of methoxy groups -OCH3 is 1. The molecular weight excluding hydrogens is 383 g/mol. The molecule has 150 valence electrons. The SMILES string of the molecule is COC(=O)[C@@H]1CC=C(OS(=O)(=O)C(F)(F)F)CCN1C(=O)OC(C)(C)C. The van der Waals surface area contributed by atoms with Gasteiger partial charge in [-0.15, -0.1) is 0 Å². The summed E-state index contributed by atoms with van der Waals surface area (Å²) in [5.74, 6) is -1.35. The Labute approximate surface area is 149 Å². The van der Waals surface area contributed by atoms with Gasteiger partial charge in [0.2, 0.25) is 0 Å². The molecule has 0 unspecified atom stereocenters. The zero-order valence-electron chi connectivity index (χ0n) is 14.6. The minimum atomic E-state index is -5.84. The number of ether oxygens (including phenoxy) is 2. The molecule has 0 aromatic heterocycles. The summed E-state index contributed by atoms with van der Waals surface area (Å²) >= 11 is 0. The van der Waals surface area contributed by atoms with Crippen LogP contribution in [0.2, 0.25) is 0 Å². The third kappa shape index (κ3) is 5.78. The fraction of sp³-hybridized carbons (Fsp3) is 0.714. The molecule has 0 saturated heterocycles. The van der Waals surface area contributed by atoms with Gasteiger partial charge >= 0.3 is 27.7 Å². The summed E-state index contributed by atoms with van der Waals surface area (Å²) in [5.41, 5.74) is -6.47. The number of esters is 1. The van der Waals surface area contributed by atoms with Gasteiger partial charge in [-0.3, -0.25) is 4.90 Å². The third-order valence-corrected chi connectivity index (χ3v) is 4.15. The van der Waals surface area contributed by atoms with Crippen molar-refractivity contribution in [1.82, 2.24) is 4.90 Å². The van der Waals surface area contributed by atoms with Gasteiger partial charge in [-0.25, -0.2) is 9.59 Å². The van der Waals surface area contributed by atoms with Gasteiger partial charge in [-0.2, -0.15) is 21.6 Å². The lowest BCUT2D eigenvalue weighted by atomic mass is 10.2. The van der Waals surface area contributed by atoms with Crippen LogP contribution < -0.4 is 0 Å². The van der Waals surface area contributed by atoms with E-state index in [9.17, 15) is 31.2 Å². The van der Waals surface area contributed by atoms with Crippen molar-refractivity contribution in [3.8, 4) is 0 Å². The normalized spacial score (nSPS) is 19.3.